The maximum absolute atomic E-state index is 13.5. The highest BCUT2D eigenvalue weighted by Crippen LogP contribution is 2.38. The van der Waals surface area contributed by atoms with Crippen LogP contribution in [0.2, 0.25) is 0 Å². The Labute approximate surface area is 103 Å². The van der Waals surface area contributed by atoms with Crippen LogP contribution in [0.1, 0.15) is 5.56 Å². The lowest BCUT2D eigenvalue weighted by Gasteiger charge is -2.13. The van der Waals surface area contributed by atoms with Crippen molar-refractivity contribution in [3.63, 3.8) is 0 Å². The van der Waals surface area contributed by atoms with Gasteiger partial charge in [-0.2, -0.15) is 13.2 Å². The molecule has 1 aromatic heterocycles. The Hall–Kier alpha value is -2.05. The molecule has 1 heterocycles. The molecule has 0 fully saturated rings. The maximum atomic E-state index is 13.5. The number of rotatable bonds is 1. The van der Waals surface area contributed by atoms with Gasteiger partial charge in [0.2, 0.25) is 0 Å². The number of nitrogens with zero attached hydrogens (tertiary/aromatic N) is 1. The molecule has 0 bridgehead atoms. The first-order valence-electron chi connectivity index (χ1n) is 4.98. The Bertz CT molecular complexity index is 620. The fraction of sp³-hybridized carbons (Fsp3) is 0.0833. The van der Waals surface area contributed by atoms with Crippen LogP contribution < -0.4 is 0 Å². The third-order valence-electron chi connectivity index (χ3n) is 2.39. The molecular formula is C12H5F6N. The van der Waals surface area contributed by atoms with Crippen LogP contribution in [0.15, 0.2) is 30.5 Å². The van der Waals surface area contributed by atoms with Gasteiger partial charge in [-0.1, -0.05) is 6.07 Å². The van der Waals surface area contributed by atoms with Gasteiger partial charge < -0.3 is 0 Å². The van der Waals surface area contributed by atoms with Crippen LogP contribution in [-0.4, -0.2) is 4.98 Å². The van der Waals surface area contributed by atoms with Crippen LogP contribution in [-0.2, 0) is 6.18 Å². The van der Waals surface area contributed by atoms with Crippen molar-refractivity contribution in [3.8, 4) is 11.3 Å². The second kappa shape index (κ2) is 4.56. The van der Waals surface area contributed by atoms with Crippen molar-refractivity contribution in [1.82, 2.24) is 4.98 Å². The third kappa shape index (κ3) is 2.40. The van der Waals surface area contributed by atoms with E-state index in [-0.39, 0.29) is 0 Å². The molecule has 19 heavy (non-hydrogen) atoms. The molecule has 0 N–H and O–H groups in total. The van der Waals surface area contributed by atoms with E-state index in [1.54, 1.807) is 0 Å². The molecule has 0 atom stereocenters. The van der Waals surface area contributed by atoms with Crippen LogP contribution in [0.5, 0.6) is 0 Å². The Kier molecular flexibility index (Phi) is 3.21. The zero-order valence-electron chi connectivity index (χ0n) is 9.10. The molecule has 1 aromatic carbocycles. The fourth-order valence-electron chi connectivity index (χ4n) is 1.60. The molecule has 1 nitrogen and oxygen atoms in total. The van der Waals surface area contributed by atoms with Crippen molar-refractivity contribution >= 4 is 0 Å². The molecule has 7 heteroatoms. The highest BCUT2D eigenvalue weighted by molar-refractivity contribution is 5.64. The van der Waals surface area contributed by atoms with Crippen LogP contribution >= 0.6 is 0 Å². The molecule has 0 radical (unpaired) electrons. The van der Waals surface area contributed by atoms with Gasteiger partial charge in [0.1, 0.15) is 11.4 Å². The number of benzene rings is 1. The minimum absolute atomic E-state index is 0.503. The number of hydrogen-bond acceptors (Lipinski definition) is 1. The van der Waals surface area contributed by atoms with E-state index in [4.69, 9.17) is 0 Å². The van der Waals surface area contributed by atoms with Crippen molar-refractivity contribution in [2.24, 2.45) is 0 Å². The summed E-state index contributed by atoms with van der Waals surface area (Å²) in [5.74, 6) is -4.44. The SMILES string of the molecule is Fc1cccc(-c2nccc(F)c2C(F)(F)F)c1F. The second-order valence-corrected chi connectivity index (χ2v) is 3.62. The Morgan fingerprint density at radius 2 is 1.58 bits per heavy atom. The number of hydrogen-bond donors (Lipinski definition) is 0. The molecule has 0 spiro atoms. The van der Waals surface area contributed by atoms with Gasteiger partial charge in [-0.25, -0.2) is 13.2 Å². The normalized spacial score (nSPS) is 11.7. The van der Waals surface area contributed by atoms with Crippen molar-refractivity contribution in [2.45, 2.75) is 6.18 Å². The van der Waals surface area contributed by atoms with Crippen LogP contribution in [0.3, 0.4) is 0 Å². The maximum Gasteiger partial charge on any atom is 0.421 e. The number of halogens is 6. The van der Waals surface area contributed by atoms with Gasteiger partial charge in [0.15, 0.2) is 11.6 Å². The minimum atomic E-state index is -5.06. The highest BCUT2D eigenvalue weighted by Gasteiger charge is 2.38. The van der Waals surface area contributed by atoms with Gasteiger partial charge in [0.25, 0.3) is 0 Å². The predicted octanol–water partition coefficient (Wildman–Crippen LogP) is 4.18. The van der Waals surface area contributed by atoms with Gasteiger partial charge in [-0.05, 0) is 18.2 Å². The average molecular weight is 277 g/mol. The van der Waals surface area contributed by atoms with E-state index in [1.807, 2.05) is 0 Å². The van der Waals surface area contributed by atoms with Gasteiger partial charge in [-0.15, -0.1) is 0 Å². The number of alkyl halides is 3. The molecule has 0 aliphatic heterocycles. The molecule has 0 unspecified atom stereocenters. The zero-order chi connectivity index (χ0) is 14.2. The lowest BCUT2D eigenvalue weighted by molar-refractivity contribution is -0.139. The first-order chi connectivity index (χ1) is 8.82. The Morgan fingerprint density at radius 3 is 2.21 bits per heavy atom. The zero-order valence-corrected chi connectivity index (χ0v) is 9.10. The molecule has 0 aliphatic carbocycles. The van der Waals surface area contributed by atoms with Crippen LogP contribution in [0, 0.1) is 17.5 Å². The van der Waals surface area contributed by atoms with E-state index >= 15 is 0 Å². The summed E-state index contributed by atoms with van der Waals surface area (Å²) in [6.07, 6.45) is -4.31. The molecule has 0 aliphatic rings. The molecule has 0 amide bonds. The first kappa shape index (κ1) is 13.4. The number of pyridine rings is 1. The molecule has 100 valence electrons. The summed E-state index contributed by atoms with van der Waals surface area (Å²) in [5.41, 5.74) is -3.45. The van der Waals surface area contributed by atoms with Gasteiger partial charge in [0.05, 0.1) is 5.69 Å². The van der Waals surface area contributed by atoms with Crippen LogP contribution in [0.4, 0.5) is 26.3 Å². The summed E-state index contributed by atoms with van der Waals surface area (Å²) in [6, 6.07) is 3.16. The van der Waals surface area contributed by atoms with E-state index in [0.717, 1.165) is 24.4 Å². The average Bonchev–Trinajstić information content (AvgIpc) is 2.30. The molecule has 2 rings (SSSR count). The molecule has 0 saturated carbocycles. The third-order valence-corrected chi connectivity index (χ3v) is 2.39. The summed E-state index contributed by atoms with van der Waals surface area (Å²) in [4.78, 5) is 3.31. The van der Waals surface area contributed by atoms with E-state index in [2.05, 4.69) is 4.98 Å². The van der Waals surface area contributed by atoms with E-state index < -0.39 is 40.4 Å². The topological polar surface area (TPSA) is 12.9 Å². The van der Waals surface area contributed by atoms with Crippen molar-refractivity contribution in [2.75, 3.05) is 0 Å². The monoisotopic (exact) mass is 277 g/mol. The standard InChI is InChI=1S/C12H5F6N/c13-7-4-5-19-11(9(7)12(16,17)18)6-2-1-3-8(14)10(6)15/h1-5H. The summed E-state index contributed by atoms with van der Waals surface area (Å²) in [6.45, 7) is 0. The Balaban J connectivity index is 2.77. The Morgan fingerprint density at radius 1 is 0.895 bits per heavy atom. The fourth-order valence-corrected chi connectivity index (χ4v) is 1.60. The van der Waals surface area contributed by atoms with E-state index in [1.165, 1.54) is 0 Å². The molecule has 2 aromatic rings. The summed E-state index contributed by atoms with van der Waals surface area (Å²) < 4.78 is 78.0. The highest BCUT2D eigenvalue weighted by atomic mass is 19.4. The van der Waals surface area contributed by atoms with Gasteiger partial charge in [0, 0.05) is 11.8 Å². The van der Waals surface area contributed by atoms with E-state index in [9.17, 15) is 26.3 Å². The largest absolute Gasteiger partial charge is 0.421 e. The second-order valence-electron chi connectivity index (χ2n) is 3.62. The van der Waals surface area contributed by atoms with Crippen molar-refractivity contribution in [1.29, 1.82) is 0 Å². The number of aromatic nitrogens is 1. The quantitative estimate of drug-likeness (QED) is 0.712. The minimum Gasteiger partial charge on any atom is -0.255 e. The summed E-state index contributed by atoms with van der Waals surface area (Å²) in [7, 11) is 0. The van der Waals surface area contributed by atoms with Gasteiger partial charge >= 0.3 is 6.18 Å². The van der Waals surface area contributed by atoms with Gasteiger partial charge in [-0.3, -0.25) is 4.98 Å². The lowest BCUT2D eigenvalue weighted by Crippen LogP contribution is -2.12. The molecule has 0 saturated heterocycles. The predicted molar refractivity (Wildman–Crippen MR) is 54.5 cm³/mol. The molecular weight excluding hydrogens is 272 g/mol. The van der Waals surface area contributed by atoms with Crippen LogP contribution in [0.25, 0.3) is 11.3 Å². The summed E-state index contributed by atoms with van der Waals surface area (Å²) in [5, 5.41) is 0. The lowest BCUT2D eigenvalue weighted by atomic mass is 10.0. The first-order valence-corrected chi connectivity index (χ1v) is 4.98. The van der Waals surface area contributed by atoms with Crippen molar-refractivity contribution in [3.05, 3.63) is 53.5 Å². The van der Waals surface area contributed by atoms with Crippen molar-refractivity contribution < 1.29 is 26.3 Å². The smallest absolute Gasteiger partial charge is 0.255 e. The summed E-state index contributed by atoms with van der Waals surface area (Å²) >= 11 is 0. The van der Waals surface area contributed by atoms with E-state index in [0.29, 0.717) is 6.07 Å².